The van der Waals surface area contributed by atoms with E-state index in [9.17, 15) is 13.0 Å². The second-order valence-corrected chi connectivity index (χ2v) is 13.4. The normalized spacial score (nSPS) is 12.5. The minimum absolute atomic E-state index is 0.154. The van der Waals surface area contributed by atoms with Gasteiger partial charge in [0.15, 0.2) is 0 Å². The van der Waals surface area contributed by atoms with Gasteiger partial charge < -0.3 is 9.32 Å². The predicted molar refractivity (Wildman–Crippen MR) is 183 cm³/mol. The van der Waals surface area contributed by atoms with E-state index in [1.54, 1.807) is 41.7 Å². The third-order valence-corrected chi connectivity index (χ3v) is 10.3. The molecule has 0 radical (unpaired) electrons. The van der Waals surface area contributed by atoms with E-state index in [-0.39, 0.29) is 4.90 Å². The van der Waals surface area contributed by atoms with Crippen LogP contribution in [0.1, 0.15) is 0 Å². The van der Waals surface area contributed by atoms with Gasteiger partial charge in [-0.15, -0.1) is 23.5 Å². The molecule has 4 aromatic rings. The molecule has 44 heavy (non-hydrogen) atoms. The molecule has 1 aliphatic carbocycles. The number of benzene rings is 5. The number of hydrogen-bond acceptors (Lipinski definition) is 6. The Labute approximate surface area is 265 Å². The van der Waals surface area contributed by atoms with Gasteiger partial charge in [0.1, 0.15) is 23.3 Å². The maximum absolute atomic E-state index is 12.5. The number of thioether (sulfide) groups is 2. The molecule has 0 saturated heterocycles. The fourth-order valence-electron chi connectivity index (χ4n) is 5.56. The van der Waals surface area contributed by atoms with Crippen molar-refractivity contribution in [2.45, 2.75) is 14.7 Å². The first kappa shape index (κ1) is 30.0. The maximum Gasteiger partial charge on any atom is 0.295 e. The maximum atomic E-state index is 12.5. The monoisotopic (exact) mass is 639 g/mol. The third kappa shape index (κ3) is 5.52. The molecule has 0 saturated carbocycles. The van der Waals surface area contributed by atoms with Gasteiger partial charge in [-0.1, -0.05) is 42.5 Å². The summed E-state index contributed by atoms with van der Waals surface area (Å²) in [6.07, 6.45) is 4.11. The van der Waals surface area contributed by atoms with Gasteiger partial charge in [0.25, 0.3) is 10.1 Å². The molecule has 6 nitrogen and oxygen atoms in total. The number of rotatable bonds is 7. The summed E-state index contributed by atoms with van der Waals surface area (Å²) >= 11 is 3.36. The van der Waals surface area contributed by atoms with E-state index in [0.717, 1.165) is 43.2 Å². The summed E-state index contributed by atoms with van der Waals surface area (Å²) in [5, 5.41) is 1.65. The highest BCUT2D eigenvalue weighted by Gasteiger charge is 2.25. The van der Waals surface area contributed by atoms with Gasteiger partial charge in [-0.3, -0.25) is 4.55 Å². The summed E-state index contributed by atoms with van der Waals surface area (Å²) in [6.45, 7) is 0. The Morgan fingerprint density at radius 1 is 0.773 bits per heavy atom. The van der Waals surface area contributed by atoms with Crippen molar-refractivity contribution in [2.75, 3.05) is 31.5 Å². The Morgan fingerprint density at radius 3 is 2.20 bits per heavy atom. The topological polar surface area (TPSA) is 73.8 Å². The van der Waals surface area contributed by atoms with Gasteiger partial charge in [-0.2, -0.15) is 13.0 Å². The minimum Gasteiger partial charge on any atom is -0.456 e. The lowest BCUT2D eigenvalue weighted by Gasteiger charge is -2.23. The average molecular weight is 640 g/mol. The summed E-state index contributed by atoms with van der Waals surface area (Å²) in [4.78, 5) is 4.25. The Kier molecular flexibility index (Phi) is 8.30. The standard InChI is InChI=1S/C35H30N2O4S3/c1-36(28-12-6-8-14-32(28)42-3)23-17-19-25-30(21-23)41-31-22-24(37(2)29-13-7-9-15-33(29)43-4)18-20-26(31)35(25)27-11-5-10-16-34(27)44(38,39)40/h5-22H,1-4H3/p+1. The summed E-state index contributed by atoms with van der Waals surface area (Å²) in [5.41, 5.74) is 5.45. The Morgan fingerprint density at radius 2 is 1.45 bits per heavy atom. The lowest BCUT2D eigenvalue weighted by atomic mass is 9.93. The average Bonchev–Trinajstić information content (AvgIpc) is 3.05. The van der Waals surface area contributed by atoms with Crippen LogP contribution in [0.15, 0.2) is 128 Å². The number of nitrogens with zero attached hydrogens (tertiary/aromatic N) is 2. The van der Waals surface area contributed by atoms with E-state index in [1.165, 1.54) is 6.07 Å². The summed E-state index contributed by atoms with van der Waals surface area (Å²) in [7, 11) is -0.469. The molecule has 4 aromatic carbocycles. The van der Waals surface area contributed by atoms with Crippen LogP contribution < -0.4 is 14.8 Å². The molecule has 0 unspecified atom stereocenters. The van der Waals surface area contributed by atoms with Gasteiger partial charge in [-0.25, -0.2) is 0 Å². The molecular formula is C35H31N2O4S3+. The molecule has 0 aromatic heterocycles. The Hall–Kier alpha value is -4.02. The predicted octanol–water partition coefficient (Wildman–Crippen LogP) is 8.40. The van der Waals surface area contributed by atoms with Crippen LogP contribution in [0.25, 0.3) is 33.4 Å². The highest BCUT2D eigenvalue weighted by molar-refractivity contribution is 7.99. The number of fused-ring (bicyclic) bond motifs is 2. The van der Waals surface area contributed by atoms with Crippen molar-refractivity contribution in [3.8, 4) is 22.5 Å². The molecule has 0 atom stereocenters. The largest absolute Gasteiger partial charge is 0.456 e. The van der Waals surface area contributed by atoms with Crippen molar-refractivity contribution >= 4 is 61.7 Å². The molecule has 1 N–H and O–H groups in total. The van der Waals surface area contributed by atoms with Crippen molar-refractivity contribution in [3.63, 3.8) is 0 Å². The molecule has 9 heteroatoms. The van der Waals surface area contributed by atoms with Crippen LogP contribution in [-0.2, 0) is 10.1 Å². The lowest BCUT2D eigenvalue weighted by Crippen LogP contribution is -2.21. The Bertz CT molecular complexity index is 2170. The van der Waals surface area contributed by atoms with Gasteiger partial charge in [-0.05, 0) is 55.0 Å². The fourth-order valence-corrected chi connectivity index (χ4v) is 7.52. The van der Waals surface area contributed by atoms with Crippen LogP contribution in [0.5, 0.6) is 0 Å². The van der Waals surface area contributed by atoms with Gasteiger partial charge in [0.2, 0.25) is 11.0 Å². The molecule has 0 fully saturated rings. The van der Waals surface area contributed by atoms with Crippen molar-refractivity contribution in [1.82, 2.24) is 4.58 Å². The van der Waals surface area contributed by atoms with Crippen LogP contribution in [-0.4, -0.2) is 39.6 Å². The van der Waals surface area contributed by atoms with Crippen molar-refractivity contribution < 1.29 is 17.4 Å². The second kappa shape index (κ2) is 12.2. The molecule has 222 valence electrons. The lowest BCUT2D eigenvalue weighted by molar-refractivity contribution is 0.483. The summed E-state index contributed by atoms with van der Waals surface area (Å²) < 4.78 is 44.0. The first-order valence-electron chi connectivity index (χ1n) is 13.8. The SMILES string of the molecule is CSc1ccccc1N(C)c1ccc2c(-c3ccccc3S(=O)(=O)O)c3ccc(=[N+](C)c4ccccc4SC)cc-3oc2c1. The molecule has 1 aliphatic heterocycles. The van der Waals surface area contributed by atoms with Crippen LogP contribution in [0.3, 0.4) is 0 Å². The summed E-state index contributed by atoms with van der Waals surface area (Å²) in [6, 6.07) is 34.8. The van der Waals surface area contributed by atoms with Crippen molar-refractivity contribution in [3.05, 3.63) is 115 Å². The van der Waals surface area contributed by atoms with Crippen LogP contribution >= 0.6 is 23.5 Å². The molecule has 2 aliphatic rings. The van der Waals surface area contributed by atoms with Crippen LogP contribution in [0.4, 0.5) is 17.1 Å². The van der Waals surface area contributed by atoms with E-state index in [1.807, 2.05) is 74.8 Å². The highest BCUT2D eigenvalue weighted by Crippen LogP contribution is 2.43. The van der Waals surface area contributed by atoms with Crippen LogP contribution in [0.2, 0.25) is 0 Å². The van der Waals surface area contributed by atoms with E-state index in [4.69, 9.17) is 4.42 Å². The zero-order valence-electron chi connectivity index (χ0n) is 24.7. The molecular weight excluding hydrogens is 609 g/mol. The molecule has 1 heterocycles. The third-order valence-electron chi connectivity index (χ3n) is 7.79. The molecule has 6 rings (SSSR count). The van der Waals surface area contributed by atoms with Gasteiger partial charge in [0.05, 0.1) is 16.6 Å². The van der Waals surface area contributed by atoms with Crippen molar-refractivity contribution in [1.29, 1.82) is 0 Å². The summed E-state index contributed by atoms with van der Waals surface area (Å²) in [5.74, 6) is 0.591. The van der Waals surface area contributed by atoms with E-state index >= 15 is 0 Å². The molecule has 0 bridgehead atoms. The smallest absolute Gasteiger partial charge is 0.295 e. The fraction of sp³-hybridized carbons (Fsp3) is 0.114. The quantitative estimate of drug-likeness (QED) is 0.0814. The molecule has 0 spiro atoms. The van der Waals surface area contributed by atoms with Crippen LogP contribution in [0, 0.1) is 0 Å². The zero-order chi connectivity index (χ0) is 31.0. The first-order valence-corrected chi connectivity index (χ1v) is 17.7. The van der Waals surface area contributed by atoms with Gasteiger partial charge >= 0.3 is 0 Å². The Balaban J connectivity index is 1.66. The first-order chi connectivity index (χ1) is 21.2. The number of anilines is 2. The second-order valence-electron chi connectivity index (χ2n) is 10.3. The van der Waals surface area contributed by atoms with E-state index in [0.29, 0.717) is 22.5 Å². The van der Waals surface area contributed by atoms with E-state index in [2.05, 4.69) is 46.3 Å². The number of para-hydroxylation sites is 2. The van der Waals surface area contributed by atoms with E-state index < -0.39 is 10.1 Å². The highest BCUT2D eigenvalue weighted by atomic mass is 32.2. The van der Waals surface area contributed by atoms with Crippen molar-refractivity contribution in [2.24, 2.45) is 0 Å². The minimum atomic E-state index is -4.50. The zero-order valence-corrected chi connectivity index (χ0v) is 27.1. The number of hydrogen-bond donors (Lipinski definition) is 1. The molecule has 0 amide bonds. The van der Waals surface area contributed by atoms with Gasteiger partial charge in [0, 0.05) is 57.9 Å².